The van der Waals surface area contributed by atoms with Gasteiger partial charge in [0.25, 0.3) is 0 Å². The van der Waals surface area contributed by atoms with Crippen LogP contribution >= 0.6 is 0 Å². The largest absolute Gasteiger partial charge is 0.532 e. The average molecular weight is 511 g/mol. The molecule has 0 aromatic heterocycles. The fourth-order valence-electron chi connectivity index (χ4n) is 6.48. The first kappa shape index (κ1) is 19.0. The Labute approximate surface area is 165 Å². The third-order valence-electron chi connectivity index (χ3n) is 7.12. The molecule has 4 unspecified atom stereocenters. The molecule has 1 aromatic rings. The van der Waals surface area contributed by atoms with Crippen LogP contribution in [-0.4, -0.2) is 5.54 Å². The van der Waals surface area contributed by atoms with Gasteiger partial charge in [0.2, 0.25) is 0 Å². The summed E-state index contributed by atoms with van der Waals surface area (Å²) in [6.45, 7) is 15.4. The number of rotatable bonds is 5. The second-order valence-corrected chi connectivity index (χ2v) is 8.63. The number of nitrogens with one attached hydrogen (secondary N) is 2. The van der Waals surface area contributed by atoms with Crippen LogP contribution in [0.4, 0.5) is 10.1 Å². The molecule has 0 aliphatic heterocycles. The van der Waals surface area contributed by atoms with Gasteiger partial charge in [0.15, 0.2) is 0 Å². The van der Waals surface area contributed by atoms with Crippen LogP contribution in [0.15, 0.2) is 24.8 Å². The second kappa shape index (κ2) is 6.12. The zero-order chi connectivity index (χ0) is 17.4. The summed E-state index contributed by atoms with van der Waals surface area (Å²) in [5, 5.41) is 7.02. The minimum absolute atomic E-state index is 0. The van der Waals surface area contributed by atoms with Gasteiger partial charge in [-0.15, -0.1) is 0 Å². The molecular weight excluding hydrogens is 483 g/mol. The molecule has 25 heavy (non-hydrogen) atoms. The van der Waals surface area contributed by atoms with Gasteiger partial charge in [-0.3, -0.25) is 0 Å². The van der Waals surface area contributed by atoms with Gasteiger partial charge in [0.05, 0.1) is 0 Å². The smallest absolute Gasteiger partial charge is 0.125 e. The van der Waals surface area contributed by atoms with E-state index in [1.165, 1.54) is 6.07 Å². The molecule has 0 spiro atoms. The summed E-state index contributed by atoms with van der Waals surface area (Å²) in [5.41, 5.74) is 2.77. The fraction of sp³-hybridized carbons (Fsp3) is 0.571. The quantitative estimate of drug-likeness (QED) is 0.550. The van der Waals surface area contributed by atoms with E-state index in [1.807, 2.05) is 19.9 Å². The summed E-state index contributed by atoms with van der Waals surface area (Å²) in [4.78, 5) is 0. The van der Waals surface area contributed by atoms with E-state index in [2.05, 4.69) is 38.0 Å². The zero-order valence-corrected chi connectivity index (χ0v) is 18.6. The first-order chi connectivity index (χ1) is 11.3. The van der Waals surface area contributed by atoms with E-state index in [-0.39, 0.29) is 32.4 Å². The second-order valence-electron chi connectivity index (χ2n) is 8.63. The van der Waals surface area contributed by atoms with Crippen molar-refractivity contribution in [1.29, 1.82) is 0 Å². The third-order valence-corrected chi connectivity index (χ3v) is 7.12. The zero-order valence-electron chi connectivity index (χ0n) is 15.7. The Hall–Kier alpha value is -0.822. The molecule has 0 bridgehead atoms. The number of hydrogen-bond donors (Lipinski definition) is 2. The van der Waals surface area contributed by atoms with Crippen molar-refractivity contribution in [2.75, 3.05) is 5.32 Å². The molecule has 4 atom stereocenters. The molecule has 136 valence electrons. The van der Waals surface area contributed by atoms with Crippen molar-refractivity contribution >= 4 is 11.4 Å². The molecule has 0 heterocycles. The maximum Gasteiger partial charge on any atom is 0.125 e. The van der Waals surface area contributed by atoms with Crippen molar-refractivity contribution in [2.24, 2.45) is 35.5 Å². The summed E-state index contributed by atoms with van der Waals surface area (Å²) in [6.07, 6.45) is 0. The number of hydrogen-bond acceptors (Lipinski definition) is 2. The Balaban J connectivity index is 0.00000182. The van der Waals surface area contributed by atoms with Crippen LogP contribution in [0.5, 0.6) is 0 Å². The molecule has 3 aliphatic carbocycles. The molecule has 0 amide bonds. The molecule has 3 saturated carbocycles. The number of halogens is 1. The normalized spacial score (nSPS) is 40.0. The fourth-order valence-corrected chi connectivity index (χ4v) is 6.48. The van der Waals surface area contributed by atoms with E-state index in [1.54, 1.807) is 6.07 Å². The number of benzene rings is 1. The van der Waals surface area contributed by atoms with Crippen molar-refractivity contribution in [3.8, 4) is 0 Å². The molecule has 4 heteroatoms. The monoisotopic (exact) mass is 511 g/mol. The average Bonchev–Trinajstić information content (AvgIpc) is 2.43. The Bertz CT molecular complexity index is 672. The Kier molecular flexibility index (Phi) is 4.64. The van der Waals surface area contributed by atoms with Crippen molar-refractivity contribution in [3.63, 3.8) is 0 Å². The van der Waals surface area contributed by atoms with Crippen LogP contribution in [0.3, 0.4) is 0 Å². The summed E-state index contributed by atoms with van der Waals surface area (Å²) < 4.78 is 13.7. The van der Waals surface area contributed by atoms with E-state index in [4.69, 9.17) is 0 Å². The molecule has 3 fully saturated rings. The van der Waals surface area contributed by atoms with Crippen LogP contribution in [-0.2, 0) is 21.1 Å². The molecule has 4 rings (SSSR count). The van der Waals surface area contributed by atoms with E-state index in [0.717, 1.165) is 58.5 Å². The minimum Gasteiger partial charge on any atom is -0.532 e. The SMILES string of the molecule is C=C(NC1(C)C2C(C)C3C(C)C1C32)c1ccc(F)cc1N[C-](C)C.[W]. The summed E-state index contributed by atoms with van der Waals surface area (Å²) >= 11 is 0. The van der Waals surface area contributed by atoms with Gasteiger partial charge in [-0.1, -0.05) is 20.4 Å². The molecule has 2 N–H and O–H groups in total. The summed E-state index contributed by atoms with van der Waals surface area (Å²) in [5.74, 6) is 4.78. The Morgan fingerprint density at radius 2 is 1.76 bits per heavy atom. The van der Waals surface area contributed by atoms with Gasteiger partial charge in [0, 0.05) is 43.6 Å². The molecule has 1 aromatic carbocycles. The topological polar surface area (TPSA) is 24.1 Å². The Morgan fingerprint density at radius 3 is 2.28 bits per heavy atom. The van der Waals surface area contributed by atoms with Crippen LogP contribution in [0.25, 0.3) is 5.70 Å². The van der Waals surface area contributed by atoms with Crippen molar-refractivity contribution in [2.45, 2.75) is 40.2 Å². The van der Waals surface area contributed by atoms with Gasteiger partial charge < -0.3 is 10.6 Å². The standard InChI is InChI=1S/C21H28FN2.W/c1-10(2)23-16-9-14(22)7-8-15(16)13(5)24-21(6)19-11(3)17-12(4)20(21)18(17)19;/h7-9,11-12,17-20,23-24H,5H2,1-4,6H3;/q-1;. The summed E-state index contributed by atoms with van der Waals surface area (Å²) in [7, 11) is 0. The van der Waals surface area contributed by atoms with E-state index in [9.17, 15) is 4.39 Å². The first-order valence-corrected chi connectivity index (χ1v) is 9.10. The van der Waals surface area contributed by atoms with E-state index < -0.39 is 0 Å². The summed E-state index contributed by atoms with van der Waals surface area (Å²) in [6, 6.07) is 5.92. The molecule has 0 radical (unpaired) electrons. The molecule has 2 nitrogen and oxygen atoms in total. The molecule has 3 aliphatic rings. The van der Waals surface area contributed by atoms with E-state index >= 15 is 0 Å². The van der Waals surface area contributed by atoms with Gasteiger partial charge in [-0.05, 0) is 60.6 Å². The van der Waals surface area contributed by atoms with Crippen molar-refractivity contribution < 1.29 is 25.5 Å². The predicted octanol–water partition coefficient (Wildman–Crippen LogP) is 4.90. The third kappa shape index (κ3) is 2.45. The predicted molar refractivity (Wildman–Crippen MR) is 97.5 cm³/mol. The van der Waals surface area contributed by atoms with E-state index in [0.29, 0.717) is 0 Å². The van der Waals surface area contributed by atoms with Crippen LogP contribution in [0.2, 0.25) is 0 Å². The van der Waals surface area contributed by atoms with Gasteiger partial charge in [-0.2, -0.15) is 13.8 Å². The molecular formula is C21H28FN2W-. The van der Waals surface area contributed by atoms with Crippen molar-refractivity contribution in [3.05, 3.63) is 42.2 Å². The first-order valence-electron chi connectivity index (χ1n) is 9.10. The maximum absolute atomic E-state index is 13.7. The Morgan fingerprint density at radius 1 is 1.16 bits per heavy atom. The van der Waals surface area contributed by atoms with Crippen LogP contribution < -0.4 is 10.6 Å². The minimum atomic E-state index is -0.228. The van der Waals surface area contributed by atoms with Crippen LogP contribution in [0.1, 0.15) is 40.2 Å². The van der Waals surface area contributed by atoms with Crippen LogP contribution in [0, 0.1) is 47.4 Å². The molecule has 0 saturated heterocycles. The van der Waals surface area contributed by atoms with Gasteiger partial charge in [-0.25, -0.2) is 10.4 Å². The maximum atomic E-state index is 13.7. The van der Waals surface area contributed by atoms with Gasteiger partial charge in [0.1, 0.15) is 5.82 Å². The van der Waals surface area contributed by atoms with Gasteiger partial charge >= 0.3 is 0 Å². The number of anilines is 1. The van der Waals surface area contributed by atoms with Crippen molar-refractivity contribution in [1.82, 2.24) is 5.32 Å².